The molecule has 5 rings (SSSR count). The van der Waals surface area contributed by atoms with Crippen molar-refractivity contribution in [1.82, 2.24) is 15.2 Å². The van der Waals surface area contributed by atoms with Crippen molar-refractivity contribution in [2.75, 3.05) is 30.5 Å². The number of hydrogen-bond donors (Lipinski definition) is 4. The molecule has 186 valence electrons. The van der Waals surface area contributed by atoms with Crippen LogP contribution in [0.5, 0.6) is 0 Å². The normalized spacial score (nSPS) is 14.7. The molecule has 1 aliphatic rings. The smallest absolute Gasteiger partial charge is 0.156 e. The average molecular weight is 509 g/mol. The molecule has 2 heterocycles. The van der Waals surface area contributed by atoms with Gasteiger partial charge in [-0.2, -0.15) is 0 Å². The van der Waals surface area contributed by atoms with Gasteiger partial charge >= 0.3 is 0 Å². The third-order valence-electron chi connectivity index (χ3n) is 6.28. The van der Waals surface area contributed by atoms with E-state index in [-0.39, 0.29) is 5.92 Å². The molecule has 2 aromatic heterocycles. The highest BCUT2D eigenvalue weighted by molar-refractivity contribution is 7.98. The van der Waals surface area contributed by atoms with E-state index < -0.39 is 0 Å². The molecule has 0 aliphatic heterocycles. The van der Waals surface area contributed by atoms with E-state index >= 15 is 0 Å². The second kappa shape index (κ2) is 10.8. The second-order valence-corrected chi connectivity index (χ2v) is 9.27. The SMILES string of the molecule is CN=C(N)c1nnc(Nc2ccccn2)cc1Nc1cccc(C2C=C(CN)c3ccccc32)c1SC. The standard InChI is InChI=1S/C28H28N8S/c1-31-28(30)26-23(15-25(35-36-26)34-24-12-5-6-13-32-24)33-22-11-7-10-20(27(22)37-2)21-14-17(16-29)18-8-3-4-9-19(18)21/h3-15,21H,16,29H2,1-2H3,(H2,30,31)(H2,32,33,34,35). The Morgan fingerprint density at radius 3 is 2.51 bits per heavy atom. The van der Waals surface area contributed by atoms with E-state index in [4.69, 9.17) is 11.5 Å². The molecular formula is C28H28N8S. The van der Waals surface area contributed by atoms with Crippen LogP contribution in [-0.4, -0.2) is 40.9 Å². The van der Waals surface area contributed by atoms with Gasteiger partial charge in [-0.3, -0.25) is 4.99 Å². The molecule has 1 atom stereocenters. The third-order valence-corrected chi connectivity index (χ3v) is 7.15. The summed E-state index contributed by atoms with van der Waals surface area (Å²) in [5.74, 6) is 1.62. The van der Waals surface area contributed by atoms with Crippen molar-refractivity contribution in [2.24, 2.45) is 16.5 Å². The Labute approximate surface area is 220 Å². The first kappa shape index (κ1) is 24.5. The van der Waals surface area contributed by atoms with Gasteiger partial charge in [-0.1, -0.05) is 48.5 Å². The minimum Gasteiger partial charge on any atom is -0.382 e. The van der Waals surface area contributed by atoms with Crippen molar-refractivity contribution in [2.45, 2.75) is 10.8 Å². The lowest BCUT2D eigenvalue weighted by molar-refractivity contribution is 1.00. The predicted octanol–water partition coefficient (Wildman–Crippen LogP) is 4.90. The molecule has 9 heteroatoms. The lowest BCUT2D eigenvalue weighted by atomic mass is 9.92. The maximum absolute atomic E-state index is 6.19. The van der Waals surface area contributed by atoms with Gasteiger partial charge < -0.3 is 22.1 Å². The topological polar surface area (TPSA) is 127 Å². The Hall–Kier alpha value is -4.21. The molecule has 0 saturated heterocycles. The number of pyridine rings is 1. The van der Waals surface area contributed by atoms with Crippen LogP contribution in [0.25, 0.3) is 5.57 Å². The molecule has 4 aromatic rings. The van der Waals surface area contributed by atoms with Crippen molar-refractivity contribution in [1.29, 1.82) is 0 Å². The molecule has 0 spiro atoms. The number of thioether (sulfide) groups is 1. The number of nitrogens with two attached hydrogens (primary N) is 2. The molecule has 2 aromatic carbocycles. The summed E-state index contributed by atoms with van der Waals surface area (Å²) < 4.78 is 0. The number of fused-ring (bicyclic) bond motifs is 1. The zero-order chi connectivity index (χ0) is 25.8. The summed E-state index contributed by atoms with van der Waals surface area (Å²) in [6, 6.07) is 22.3. The maximum Gasteiger partial charge on any atom is 0.156 e. The Morgan fingerprint density at radius 2 is 1.76 bits per heavy atom. The van der Waals surface area contributed by atoms with E-state index in [2.05, 4.69) is 85.6 Å². The van der Waals surface area contributed by atoms with E-state index in [9.17, 15) is 0 Å². The van der Waals surface area contributed by atoms with Crippen LogP contribution in [0, 0.1) is 0 Å². The summed E-state index contributed by atoms with van der Waals surface area (Å²) in [6.45, 7) is 0.508. The van der Waals surface area contributed by atoms with Gasteiger partial charge in [0.15, 0.2) is 11.5 Å². The first-order valence-corrected chi connectivity index (χ1v) is 13.1. The monoisotopic (exact) mass is 508 g/mol. The highest BCUT2D eigenvalue weighted by atomic mass is 32.2. The summed E-state index contributed by atoms with van der Waals surface area (Å²) in [7, 11) is 1.63. The van der Waals surface area contributed by atoms with Crippen LogP contribution in [0.1, 0.15) is 28.3 Å². The molecular weight excluding hydrogens is 480 g/mol. The average Bonchev–Trinajstić information content (AvgIpc) is 3.32. The largest absolute Gasteiger partial charge is 0.382 e. The molecule has 0 saturated carbocycles. The lowest BCUT2D eigenvalue weighted by Gasteiger charge is -2.20. The highest BCUT2D eigenvalue weighted by Crippen LogP contribution is 2.44. The van der Waals surface area contributed by atoms with E-state index in [1.807, 2.05) is 24.3 Å². The molecule has 37 heavy (non-hydrogen) atoms. The van der Waals surface area contributed by atoms with Crippen molar-refractivity contribution in [3.63, 3.8) is 0 Å². The molecule has 8 nitrogen and oxygen atoms in total. The van der Waals surface area contributed by atoms with E-state index in [1.165, 1.54) is 22.3 Å². The van der Waals surface area contributed by atoms with Gasteiger partial charge in [0.05, 0.1) is 11.4 Å². The highest BCUT2D eigenvalue weighted by Gasteiger charge is 2.26. The summed E-state index contributed by atoms with van der Waals surface area (Å²) in [4.78, 5) is 9.58. The number of amidine groups is 1. The van der Waals surface area contributed by atoms with Crippen molar-refractivity contribution in [3.05, 3.63) is 101 Å². The summed E-state index contributed by atoms with van der Waals surface area (Å²) in [6.07, 6.45) is 6.08. The van der Waals surface area contributed by atoms with E-state index in [0.29, 0.717) is 35.4 Å². The summed E-state index contributed by atoms with van der Waals surface area (Å²) in [5, 5.41) is 15.4. The Morgan fingerprint density at radius 1 is 0.946 bits per heavy atom. The number of benzene rings is 2. The first-order chi connectivity index (χ1) is 18.1. The van der Waals surface area contributed by atoms with E-state index in [0.717, 1.165) is 10.6 Å². The van der Waals surface area contributed by atoms with Crippen LogP contribution in [0.15, 0.2) is 88.9 Å². The Balaban J connectivity index is 1.55. The zero-order valence-corrected chi connectivity index (χ0v) is 21.5. The fraction of sp³-hybridized carbons (Fsp3) is 0.143. The fourth-order valence-corrected chi connectivity index (χ4v) is 5.33. The molecule has 1 unspecified atom stereocenters. The summed E-state index contributed by atoms with van der Waals surface area (Å²) >= 11 is 1.69. The molecule has 0 bridgehead atoms. The molecule has 0 radical (unpaired) electrons. The predicted molar refractivity (Wildman–Crippen MR) is 153 cm³/mol. The number of rotatable bonds is 8. The van der Waals surface area contributed by atoms with Crippen LogP contribution >= 0.6 is 11.8 Å². The van der Waals surface area contributed by atoms with Crippen LogP contribution in [-0.2, 0) is 0 Å². The molecule has 0 fully saturated rings. The second-order valence-electron chi connectivity index (χ2n) is 8.45. The zero-order valence-electron chi connectivity index (χ0n) is 20.6. The number of nitrogens with one attached hydrogen (secondary N) is 2. The van der Waals surface area contributed by atoms with Gasteiger partial charge in [-0.15, -0.1) is 22.0 Å². The van der Waals surface area contributed by atoms with E-state index in [1.54, 1.807) is 25.0 Å². The first-order valence-electron chi connectivity index (χ1n) is 11.8. The Kier molecular flexibility index (Phi) is 7.16. The quantitative estimate of drug-likeness (QED) is 0.150. The maximum atomic E-state index is 6.19. The van der Waals surface area contributed by atoms with Gasteiger partial charge in [-0.25, -0.2) is 4.98 Å². The number of allylic oxidation sites excluding steroid dienone is 1. The van der Waals surface area contributed by atoms with Crippen LogP contribution in [0.3, 0.4) is 0 Å². The van der Waals surface area contributed by atoms with Crippen molar-refractivity contribution >= 4 is 46.2 Å². The lowest BCUT2D eigenvalue weighted by Crippen LogP contribution is -2.18. The number of aliphatic imine (C=N–C) groups is 1. The van der Waals surface area contributed by atoms with Crippen LogP contribution in [0.4, 0.5) is 23.0 Å². The molecule has 6 N–H and O–H groups in total. The fourth-order valence-electron chi connectivity index (χ4n) is 4.56. The number of anilines is 4. The van der Waals surface area contributed by atoms with Crippen molar-refractivity contribution < 1.29 is 0 Å². The minimum absolute atomic E-state index is 0.123. The minimum atomic E-state index is 0.123. The van der Waals surface area contributed by atoms with Gasteiger partial charge in [0.1, 0.15) is 11.7 Å². The van der Waals surface area contributed by atoms with Gasteiger partial charge in [0.25, 0.3) is 0 Å². The van der Waals surface area contributed by atoms with Crippen LogP contribution < -0.4 is 22.1 Å². The molecule has 0 amide bonds. The summed E-state index contributed by atoms with van der Waals surface area (Å²) in [5.41, 5.74) is 19.2. The third kappa shape index (κ3) is 4.91. The van der Waals surface area contributed by atoms with Gasteiger partial charge in [-0.05, 0) is 46.7 Å². The molecule has 1 aliphatic carbocycles. The number of nitrogens with zero attached hydrogens (tertiary/aromatic N) is 4. The number of aromatic nitrogens is 3. The van der Waals surface area contributed by atoms with Crippen molar-refractivity contribution in [3.8, 4) is 0 Å². The van der Waals surface area contributed by atoms with Crippen LogP contribution in [0.2, 0.25) is 0 Å². The Bertz CT molecular complexity index is 1480. The number of hydrogen-bond acceptors (Lipinski definition) is 8. The van der Waals surface area contributed by atoms with Gasteiger partial charge in [0.2, 0.25) is 0 Å². The van der Waals surface area contributed by atoms with Gasteiger partial charge in [0, 0.05) is 36.7 Å².